The van der Waals surface area contributed by atoms with Gasteiger partial charge in [-0.1, -0.05) is 0 Å². The fourth-order valence-corrected chi connectivity index (χ4v) is 2.28. The summed E-state index contributed by atoms with van der Waals surface area (Å²) in [5, 5.41) is 12.2. The number of amides is 1. The van der Waals surface area contributed by atoms with Crippen LogP contribution in [0.15, 0.2) is 18.3 Å². The van der Waals surface area contributed by atoms with Crippen LogP contribution in [0.3, 0.4) is 0 Å². The van der Waals surface area contributed by atoms with Crippen molar-refractivity contribution >= 4 is 11.6 Å². The molecule has 0 radical (unpaired) electrons. The van der Waals surface area contributed by atoms with Crippen LogP contribution in [0.2, 0.25) is 0 Å². The molecule has 2 N–H and O–H groups in total. The predicted molar refractivity (Wildman–Crippen MR) is 69.6 cm³/mol. The van der Waals surface area contributed by atoms with Crippen LogP contribution in [0.1, 0.15) is 23.8 Å². The van der Waals surface area contributed by atoms with Gasteiger partial charge in [0.15, 0.2) is 0 Å². The highest BCUT2D eigenvalue weighted by Gasteiger charge is 2.26. The van der Waals surface area contributed by atoms with Gasteiger partial charge in [-0.3, -0.25) is 9.78 Å². The van der Waals surface area contributed by atoms with Gasteiger partial charge in [0.2, 0.25) is 0 Å². The molecule has 1 fully saturated rings. The first-order valence-corrected chi connectivity index (χ1v) is 6.23. The Morgan fingerprint density at radius 2 is 2.44 bits per heavy atom. The summed E-state index contributed by atoms with van der Waals surface area (Å²) in [6, 6.07) is 3.69. The lowest BCUT2D eigenvalue weighted by atomic mass is 10.0. The van der Waals surface area contributed by atoms with Gasteiger partial charge in [-0.15, -0.1) is 0 Å². The Labute approximate surface area is 107 Å². The molecule has 0 bridgehead atoms. The molecule has 2 rings (SSSR count). The zero-order valence-electron chi connectivity index (χ0n) is 10.8. The molecule has 1 aromatic heterocycles. The number of hydrogen-bond acceptors (Lipinski definition) is 4. The number of aliphatic hydroxyl groups is 1. The number of pyridine rings is 1. The molecular weight excluding hydrogens is 230 g/mol. The van der Waals surface area contributed by atoms with Crippen molar-refractivity contribution in [3.8, 4) is 0 Å². The van der Waals surface area contributed by atoms with Crippen LogP contribution >= 0.6 is 0 Å². The molecule has 0 aromatic carbocycles. The molecule has 0 aliphatic carbocycles. The maximum absolute atomic E-state index is 11.5. The Kier molecular flexibility index (Phi) is 3.81. The van der Waals surface area contributed by atoms with Gasteiger partial charge < -0.3 is 15.3 Å². The summed E-state index contributed by atoms with van der Waals surface area (Å²) in [7, 11) is 1.59. The number of carbonyl (C=O) groups excluding carboxylic acids is 1. The van der Waals surface area contributed by atoms with Gasteiger partial charge >= 0.3 is 0 Å². The molecular formula is C13H19N3O2. The Morgan fingerprint density at radius 3 is 3.06 bits per heavy atom. The zero-order valence-corrected chi connectivity index (χ0v) is 10.8. The maximum Gasteiger partial charge on any atom is 0.269 e. The molecule has 18 heavy (non-hydrogen) atoms. The van der Waals surface area contributed by atoms with Crippen molar-refractivity contribution in [2.75, 3.05) is 25.0 Å². The van der Waals surface area contributed by atoms with E-state index in [9.17, 15) is 9.90 Å². The van der Waals surface area contributed by atoms with Gasteiger partial charge in [-0.2, -0.15) is 0 Å². The minimum absolute atomic E-state index is 0.178. The molecule has 5 heteroatoms. The second-order valence-electron chi connectivity index (χ2n) is 4.71. The highest BCUT2D eigenvalue weighted by molar-refractivity contribution is 5.92. The molecule has 98 valence electrons. The molecule has 2 heterocycles. The maximum atomic E-state index is 11.5. The number of nitrogens with one attached hydrogen (secondary N) is 1. The van der Waals surface area contributed by atoms with Crippen molar-refractivity contribution < 1.29 is 9.90 Å². The third kappa shape index (κ3) is 2.61. The van der Waals surface area contributed by atoms with Crippen molar-refractivity contribution in [2.24, 2.45) is 5.92 Å². The SMILES string of the molecule is CNC(=O)c1cc(N2CCC(C(C)O)C2)ccn1. The molecule has 5 nitrogen and oxygen atoms in total. The summed E-state index contributed by atoms with van der Waals surface area (Å²) in [6.07, 6.45) is 2.35. The van der Waals surface area contributed by atoms with Crippen molar-refractivity contribution in [3.63, 3.8) is 0 Å². The van der Waals surface area contributed by atoms with E-state index in [2.05, 4.69) is 15.2 Å². The molecule has 1 aliphatic heterocycles. The van der Waals surface area contributed by atoms with Crippen molar-refractivity contribution in [1.29, 1.82) is 0 Å². The lowest BCUT2D eigenvalue weighted by molar-refractivity contribution is 0.0958. The third-order valence-corrected chi connectivity index (χ3v) is 3.48. The van der Waals surface area contributed by atoms with Crippen molar-refractivity contribution in [2.45, 2.75) is 19.4 Å². The smallest absolute Gasteiger partial charge is 0.269 e. The molecule has 1 aliphatic rings. The van der Waals surface area contributed by atoms with Gasteiger partial charge in [0.05, 0.1) is 6.10 Å². The summed E-state index contributed by atoms with van der Waals surface area (Å²) >= 11 is 0. The fraction of sp³-hybridized carbons (Fsp3) is 0.538. The Hall–Kier alpha value is -1.62. The van der Waals surface area contributed by atoms with Gasteiger partial charge in [0.1, 0.15) is 5.69 Å². The minimum atomic E-state index is -0.282. The van der Waals surface area contributed by atoms with Crippen LogP contribution in [0.25, 0.3) is 0 Å². The first kappa shape index (κ1) is 12.8. The van der Waals surface area contributed by atoms with E-state index < -0.39 is 0 Å². The molecule has 1 amide bonds. The zero-order chi connectivity index (χ0) is 13.1. The van der Waals surface area contributed by atoms with E-state index in [-0.39, 0.29) is 12.0 Å². The van der Waals surface area contributed by atoms with E-state index in [4.69, 9.17) is 0 Å². The van der Waals surface area contributed by atoms with Crippen LogP contribution in [-0.4, -0.2) is 42.2 Å². The van der Waals surface area contributed by atoms with Gasteiger partial charge in [0, 0.05) is 37.9 Å². The van der Waals surface area contributed by atoms with Crippen molar-refractivity contribution in [3.05, 3.63) is 24.0 Å². The van der Waals surface area contributed by atoms with Crippen LogP contribution in [0.4, 0.5) is 5.69 Å². The summed E-state index contributed by atoms with van der Waals surface area (Å²) in [4.78, 5) is 17.8. The monoisotopic (exact) mass is 249 g/mol. The largest absolute Gasteiger partial charge is 0.393 e. The summed E-state index contributed by atoms with van der Waals surface area (Å²) < 4.78 is 0. The van der Waals surface area contributed by atoms with Crippen molar-refractivity contribution in [1.82, 2.24) is 10.3 Å². The van der Waals surface area contributed by atoms with Gasteiger partial charge in [-0.05, 0) is 25.5 Å². The molecule has 0 spiro atoms. The van der Waals surface area contributed by atoms with E-state index in [1.165, 1.54) is 0 Å². The lowest BCUT2D eigenvalue weighted by Gasteiger charge is -2.19. The van der Waals surface area contributed by atoms with E-state index >= 15 is 0 Å². The highest BCUT2D eigenvalue weighted by atomic mass is 16.3. The first-order chi connectivity index (χ1) is 8.61. The number of anilines is 1. The predicted octanol–water partition coefficient (Wildman–Crippen LogP) is 0.648. The molecule has 1 saturated heterocycles. The molecule has 1 aromatic rings. The second-order valence-corrected chi connectivity index (χ2v) is 4.71. The molecule has 0 saturated carbocycles. The van der Waals surface area contributed by atoms with Gasteiger partial charge in [0.25, 0.3) is 5.91 Å². The topological polar surface area (TPSA) is 65.5 Å². The minimum Gasteiger partial charge on any atom is -0.393 e. The highest BCUT2D eigenvalue weighted by Crippen LogP contribution is 2.25. The number of hydrogen-bond donors (Lipinski definition) is 2. The fourth-order valence-electron chi connectivity index (χ4n) is 2.28. The van der Waals surface area contributed by atoms with E-state index in [0.717, 1.165) is 25.2 Å². The van der Waals surface area contributed by atoms with E-state index in [0.29, 0.717) is 11.6 Å². The quantitative estimate of drug-likeness (QED) is 0.825. The Morgan fingerprint density at radius 1 is 1.67 bits per heavy atom. The van der Waals surface area contributed by atoms with E-state index in [1.807, 2.05) is 13.0 Å². The number of carbonyl (C=O) groups is 1. The normalized spacial score (nSPS) is 20.8. The van der Waals surface area contributed by atoms with Crippen LogP contribution in [0.5, 0.6) is 0 Å². The number of aliphatic hydroxyl groups excluding tert-OH is 1. The Balaban J connectivity index is 2.12. The molecule has 2 unspecified atom stereocenters. The number of nitrogens with zero attached hydrogens (tertiary/aromatic N) is 2. The second kappa shape index (κ2) is 5.35. The summed E-state index contributed by atoms with van der Waals surface area (Å²) in [5.41, 5.74) is 1.42. The van der Waals surface area contributed by atoms with Crippen LogP contribution in [-0.2, 0) is 0 Å². The average molecular weight is 249 g/mol. The summed E-state index contributed by atoms with van der Waals surface area (Å²) in [5.74, 6) is 0.129. The Bertz CT molecular complexity index is 434. The van der Waals surface area contributed by atoms with Gasteiger partial charge in [-0.25, -0.2) is 0 Å². The first-order valence-electron chi connectivity index (χ1n) is 6.23. The number of rotatable bonds is 3. The summed E-state index contributed by atoms with van der Waals surface area (Å²) in [6.45, 7) is 3.57. The lowest BCUT2D eigenvalue weighted by Crippen LogP contribution is -2.25. The van der Waals surface area contributed by atoms with Crippen LogP contribution < -0.4 is 10.2 Å². The molecule has 2 atom stereocenters. The average Bonchev–Trinajstić information content (AvgIpc) is 2.88. The number of aromatic nitrogens is 1. The standard InChI is InChI=1S/C13H19N3O2/c1-9(17)10-4-6-16(8-10)11-3-5-15-12(7-11)13(18)14-2/h3,5,7,9-10,17H,4,6,8H2,1-2H3,(H,14,18). The van der Waals surface area contributed by atoms with Crippen LogP contribution in [0, 0.1) is 5.92 Å². The van der Waals surface area contributed by atoms with E-state index in [1.54, 1.807) is 19.3 Å². The third-order valence-electron chi connectivity index (χ3n) is 3.48.